The van der Waals surface area contributed by atoms with Gasteiger partial charge in [0.05, 0.1) is 11.9 Å². The summed E-state index contributed by atoms with van der Waals surface area (Å²) in [6.45, 7) is 0. The number of halogens is 3. The molecular weight excluding hydrogens is 223 g/mol. The van der Waals surface area contributed by atoms with Gasteiger partial charge in [0, 0.05) is 0 Å². The van der Waals surface area contributed by atoms with Gasteiger partial charge in [0.2, 0.25) is 5.95 Å². The summed E-state index contributed by atoms with van der Waals surface area (Å²) in [4.78, 5) is 7.04. The summed E-state index contributed by atoms with van der Waals surface area (Å²) in [6.07, 6.45) is -2.07. The van der Waals surface area contributed by atoms with Crippen molar-refractivity contribution in [2.24, 2.45) is 0 Å². The van der Waals surface area contributed by atoms with E-state index in [2.05, 4.69) is 25.5 Å². The monoisotopic (exact) mass is 229 g/mol. The van der Waals surface area contributed by atoms with Crippen molar-refractivity contribution in [3.05, 3.63) is 30.4 Å². The van der Waals surface area contributed by atoms with Crippen molar-refractivity contribution < 1.29 is 13.2 Å². The molecule has 8 heteroatoms. The number of rotatable bonds is 2. The van der Waals surface area contributed by atoms with Crippen molar-refractivity contribution >= 4 is 11.6 Å². The van der Waals surface area contributed by atoms with Gasteiger partial charge in [0.1, 0.15) is 12.0 Å². The Morgan fingerprint density at radius 3 is 2.50 bits per heavy atom. The van der Waals surface area contributed by atoms with Gasteiger partial charge < -0.3 is 5.32 Å². The Labute approximate surface area is 87.7 Å². The molecule has 0 unspecified atom stereocenters. The number of alkyl halides is 3. The molecule has 0 saturated carbocycles. The molecule has 0 aliphatic carbocycles. The Morgan fingerprint density at radius 1 is 1.19 bits per heavy atom. The Morgan fingerprint density at radius 2 is 2.00 bits per heavy atom. The van der Waals surface area contributed by atoms with Crippen LogP contribution in [0.2, 0.25) is 0 Å². The first-order chi connectivity index (χ1) is 7.55. The molecule has 0 bridgehead atoms. The molecular formula is C8H6F3N5. The van der Waals surface area contributed by atoms with Gasteiger partial charge in [-0.15, -0.1) is 0 Å². The molecule has 0 amide bonds. The minimum Gasteiger partial charge on any atom is -0.323 e. The lowest BCUT2D eigenvalue weighted by Crippen LogP contribution is -2.07. The number of aromatic amines is 1. The highest BCUT2D eigenvalue weighted by Gasteiger charge is 2.31. The third-order valence-corrected chi connectivity index (χ3v) is 1.73. The highest BCUT2D eigenvalue weighted by Crippen LogP contribution is 2.27. The second-order valence-electron chi connectivity index (χ2n) is 2.89. The van der Waals surface area contributed by atoms with E-state index in [0.717, 1.165) is 12.3 Å². The van der Waals surface area contributed by atoms with E-state index in [-0.39, 0.29) is 0 Å². The lowest BCUT2D eigenvalue weighted by atomic mass is 10.3. The molecule has 2 aromatic heterocycles. The van der Waals surface area contributed by atoms with Gasteiger partial charge in [0.25, 0.3) is 0 Å². The van der Waals surface area contributed by atoms with E-state index in [0.29, 0.717) is 11.6 Å². The first kappa shape index (κ1) is 10.4. The van der Waals surface area contributed by atoms with E-state index in [1.54, 1.807) is 0 Å². The van der Waals surface area contributed by atoms with E-state index in [1.165, 1.54) is 12.4 Å². The summed E-state index contributed by atoms with van der Waals surface area (Å²) in [5.74, 6) is 0.335. The molecule has 0 atom stereocenters. The minimum atomic E-state index is -4.43. The van der Waals surface area contributed by atoms with E-state index >= 15 is 0 Å². The summed E-state index contributed by atoms with van der Waals surface area (Å²) in [5, 5.41) is 8.79. The second kappa shape index (κ2) is 3.80. The molecule has 2 aromatic rings. The van der Waals surface area contributed by atoms with Crippen LogP contribution in [0, 0.1) is 0 Å². The average molecular weight is 229 g/mol. The number of hydrogen-bond acceptors (Lipinski definition) is 4. The Kier molecular flexibility index (Phi) is 2.47. The van der Waals surface area contributed by atoms with Gasteiger partial charge in [-0.25, -0.2) is 10.1 Å². The van der Waals surface area contributed by atoms with Gasteiger partial charge >= 0.3 is 6.18 Å². The fraction of sp³-hybridized carbons (Fsp3) is 0.125. The van der Waals surface area contributed by atoms with Crippen molar-refractivity contribution in [2.45, 2.75) is 6.18 Å². The fourth-order valence-electron chi connectivity index (χ4n) is 1.04. The third-order valence-electron chi connectivity index (χ3n) is 1.73. The van der Waals surface area contributed by atoms with Crippen molar-refractivity contribution in [1.29, 1.82) is 0 Å². The maximum atomic E-state index is 12.2. The van der Waals surface area contributed by atoms with Crippen LogP contribution in [0.5, 0.6) is 0 Å². The average Bonchev–Trinajstić information content (AvgIpc) is 2.70. The fourth-order valence-corrected chi connectivity index (χ4v) is 1.04. The van der Waals surface area contributed by atoms with Crippen molar-refractivity contribution in [3.63, 3.8) is 0 Å². The van der Waals surface area contributed by atoms with Crippen LogP contribution in [0.25, 0.3) is 0 Å². The quantitative estimate of drug-likeness (QED) is 0.826. The highest BCUT2D eigenvalue weighted by atomic mass is 19.4. The zero-order valence-electron chi connectivity index (χ0n) is 7.78. The molecule has 2 rings (SSSR count). The van der Waals surface area contributed by atoms with Crippen LogP contribution in [0.4, 0.5) is 24.8 Å². The normalized spacial score (nSPS) is 11.4. The predicted octanol–water partition coefficient (Wildman–Crippen LogP) is 1.96. The van der Waals surface area contributed by atoms with Crippen LogP contribution in [0.3, 0.4) is 0 Å². The summed E-state index contributed by atoms with van der Waals surface area (Å²) < 4.78 is 36.6. The lowest BCUT2D eigenvalue weighted by molar-refractivity contribution is -0.141. The Balaban J connectivity index is 2.14. The molecule has 0 aliphatic rings. The number of nitrogens with zero attached hydrogens (tertiary/aromatic N) is 3. The number of anilines is 2. The number of aromatic nitrogens is 4. The van der Waals surface area contributed by atoms with Crippen molar-refractivity contribution in [2.75, 3.05) is 5.32 Å². The Bertz CT molecular complexity index is 448. The van der Waals surface area contributed by atoms with Crippen molar-refractivity contribution in [1.82, 2.24) is 20.2 Å². The number of nitrogens with one attached hydrogen (secondary N) is 2. The van der Waals surface area contributed by atoms with E-state index in [9.17, 15) is 13.2 Å². The molecule has 0 radical (unpaired) electrons. The topological polar surface area (TPSA) is 66.5 Å². The minimum absolute atomic E-state index is 0.335. The van der Waals surface area contributed by atoms with Gasteiger partial charge in [-0.2, -0.15) is 23.3 Å². The van der Waals surface area contributed by atoms with Gasteiger partial charge in [-0.1, -0.05) is 0 Å². The first-order valence-corrected chi connectivity index (χ1v) is 4.21. The molecule has 16 heavy (non-hydrogen) atoms. The summed E-state index contributed by atoms with van der Waals surface area (Å²) >= 11 is 0. The molecule has 2 N–H and O–H groups in total. The maximum Gasteiger partial charge on any atom is 0.433 e. The maximum absolute atomic E-state index is 12.2. The zero-order chi connectivity index (χ0) is 11.6. The molecule has 0 aliphatic heterocycles. The molecule has 0 aromatic carbocycles. The number of hydrogen-bond donors (Lipinski definition) is 2. The summed E-state index contributed by atoms with van der Waals surface area (Å²) in [6, 6.07) is 2.15. The van der Waals surface area contributed by atoms with Crippen LogP contribution in [-0.2, 0) is 6.18 Å². The number of pyridine rings is 1. The SMILES string of the molecule is FC(F)(F)c1ccc(Nc2ncn[nH]2)cn1. The van der Waals surface area contributed by atoms with Gasteiger partial charge in [-0.05, 0) is 12.1 Å². The standard InChI is InChI=1S/C8H6F3N5/c9-8(10,11)6-2-1-5(3-12-6)15-7-13-4-14-16-7/h1-4H,(H2,13,14,15,16). The molecule has 0 spiro atoms. The molecule has 2 heterocycles. The second-order valence-corrected chi connectivity index (χ2v) is 2.89. The molecule has 0 saturated heterocycles. The van der Waals surface area contributed by atoms with Gasteiger partial charge in [0.15, 0.2) is 0 Å². The van der Waals surface area contributed by atoms with Crippen LogP contribution >= 0.6 is 0 Å². The molecule has 84 valence electrons. The van der Waals surface area contributed by atoms with E-state index < -0.39 is 11.9 Å². The Hall–Kier alpha value is -2.12. The molecule has 5 nitrogen and oxygen atoms in total. The largest absolute Gasteiger partial charge is 0.433 e. The summed E-state index contributed by atoms with van der Waals surface area (Å²) in [5.41, 5.74) is -0.541. The third kappa shape index (κ3) is 2.27. The van der Waals surface area contributed by atoms with Crippen LogP contribution in [0.1, 0.15) is 5.69 Å². The van der Waals surface area contributed by atoms with Crippen LogP contribution in [-0.4, -0.2) is 20.2 Å². The zero-order valence-corrected chi connectivity index (χ0v) is 7.78. The smallest absolute Gasteiger partial charge is 0.323 e. The first-order valence-electron chi connectivity index (χ1n) is 4.21. The molecule has 0 fully saturated rings. The highest BCUT2D eigenvalue weighted by molar-refractivity contribution is 5.51. The predicted molar refractivity (Wildman–Crippen MR) is 48.9 cm³/mol. The van der Waals surface area contributed by atoms with Crippen LogP contribution < -0.4 is 5.32 Å². The lowest BCUT2D eigenvalue weighted by Gasteiger charge is -2.06. The van der Waals surface area contributed by atoms with E-state index in [4.69, 9.17) is 0 Å². The summed E-state index contributed by atoms with van der Waals surface area (Å²) in [7, 11) is 0. The number of H-pyrrole nitrogens is 1. The van der Waals surface area contributed by atoms with Crippen LogP contribution in [0.15, 0.2) is 24.7 Å². The van der Waals surface area contributed by atoms with Gasteiger partial charge in [-0.3, -0.25) is 0 Å². The van der Waals surface area contributed by atoms with Crippen molar-refractivity contribution in [3.8, 4) is 0 Å². The van der Waals surface area contributed by atoms with E-state index in [1.807, 2.05) is 0 Å².